The van der Waals surface area contributed by atoms with Gasteiger partial charge in [0.05, 0.1) is 5.56 Å². The molecule has 9 heteroatoms. The van der Waals surface area contributed by atoms with Crippen molar-refractivity contribution < 1.29 is 13.2 Å². The number of likely N-dealkylation sites (tertiary alicyclic amines) is 1. The van der Waals surface area contributed by atoms with E-state index in [1.54, 1.807) is 36.4 Å². The number of halogens is 3. The van der Waals surface area contributed by atoms with Gasteiger partial charge in [-0.3, -0.25) is 9.78 Å². The fourth-order valence-corrected chi connectivity index (χ4v) is 5.01. The second kappa shape index (κ2) is 7.98. The number of aryl methyl sites for hydroxylation is 1. The summed E-state index contributed by atoms with van der Waals surface area (Å²) in [5, 5.41) is 4.27. The largest absolute Gasteiger partial charge is 0.416 e. The van der Waals surface area contributed by atoms with Crippen LogP contribution in [0, 0.1) is 5.92 Å². The maximum atomic E-state index is 12.9. The first-order valence-corrected chi connectivity index (χ1v) is 10.9. The third-order valence-corrected chi connectivity index (χ3v) is 6.79. The molecule has 0 radical (unpaired) electrons. The van der Waals surface area contributed by atoms with Crippen LogP contribution in [0.1, 0.15) is 24.0 Å². The molecule has 1 saturated carbocycles. The van der Waals surface area contributed by atoms with Gasteiger partial charge < -0.3 is 4.90 Å². The number of H-pyrrole nitrogens is 1. The van der Waals surface area contributed by atoms with E-state index in [0.29, 0.717) is 24.4 Å². The molecule has 0 bridgehead atoms. The van der Waals surface area contributed by atoms with Crippen LogP contribution < -0.4 is 11.2 Å². The number of benzene rings is 2. The average molecular weight is 456 g/mol. The Morgan fingerprint density at radius 3 is 2.45 bits per heavy atom. The van der Waals surface area contributed by atoms with Crippen molar-refractivity contribution in [2.75, 3.05) is 19.6 Å². The van der Waals surface area contributed by atoms with Gasteiger partial charge in [-0.05, 0) is 43.0 Å². The molecule has 1 N–H and O–H groups in total. The zero-order valence-corrected chi connectivity index (χ0v) is 17.8. The minimum atomic E-state index is -4.32. The number of hydrogen-bond donors (Lipinski definition) is 1. The summed E-state index contributed by atoms with van der Waals surface area (Å²) in [4.78, 5) is 29.0. The Labute approximate surface area is 187 Å². The number of fused-ring (bicyclic) bond motifs is 1. The molecule has 5 rings (SSSR count). The van der Waals surface area contributed by atoms with Crippen LogP contribution in [0.4, 0.5) is 13.2 Å². The molecule has 172 valence electrons. The van der Waals surface area contributed by atoms with Crippen LogP contribution in [-0.4, -0.2) is 39.3 Å². The van der Waals surface area contributed by atoms with Crippen LogP contribution in [-0.2, 0) is 18.1 Å². The molecule has 1 aliphatic heterocycles. The molecule has 0 spiro atoms. The summed E-state index contributed by atoms with van der Waals surface area (Å²) in [5.74, 6) is 0.452. The van der Waals surface area contributed by atoms with E-state index in [4.69, 9.17) is 0 Å². The number of rotatable bonds is 6. The second-order valence-electron chi connectivity index (χ2n) is 8.92. The molecule has 2 heterocycles. The van der Waals surface area contributed by atoms with E-state index < -0.39 is 23.0 Å². The molecule has 2 aromatic carbocycles. The van der Waals surface area contributed by atoms with Crippen molar-refractivity contribution in [3.8, 4) is 11.3 Å². The maximum absolute atomic E-state index is 12.9. The quantitative estimate of drug-likeness (QED) is 0.618. The first-order valence-electron chi connectivity index (χ1n) is 10.9. The van der Waals surface area contributed by atoms with Gasteiger partial charge >= 0.3 is 11.9 Å². The van der Waals surface area contributed by atoms with Crippen molar-refractivity contribution in [2.24, 2.45) is 5.92 Å². The molecular weight excluding hydrogens is 433 g/mol. The molecule has 0 unspecified atom stereocenters. The van der Waals surface area contributed by atoms with Crippen molar-refractivity contribution >= 4 is 0 Å². The van der Waals surface area contributed by atoms with Crippen molar-refractivity contribution in [3.63, 3.8) is 0 Å². The molecule has 1 aromatic heterocycles. The van der Waals surface area contributed by atoms with Gasteiger partial charge in [0, 0.05) is 30.6 Å². The lowest BCUT2D eigenvalue weighted by molar-refractivity contribution is -0.137. The lowest BCUT2D eigenvalue weighted by atomic mass is 9.94. The average Bonchev–Trinajstić information content (AvgIpc) is 3.36. The normalized spacial score (nSPS) is 22.3. The van der Waals surface area contributed by atoms with Gasteiger partial charge in [0.25, 0.3) is 5.56 Å². The van der Waals surface area contributed by atoms with Gasteiger partial charge in [-0.25, -0.2) is 9.48 Å². The molecule has 2 atom stereocenters. The molecule has 1 aliphatic carbocycles. The first-order chi connectivity index (χ1) is 15.8. The predicted molar refractivity (Wildman–Crippen MR) is 117 cm³/mol. The van der Waals surface area contributed by atoms with Crippen molar-refractivity contribution in [1.82, 2.24) is 19.7 Å². The zero-order chi connectivity index (χ0) is 23.2. The SMILES string of the molecule is O=c1[nH]c(=O)n(CCCN2C[C@@H]3C[C@]3(c3ccc(C(F)(F)F)cc3)C2)nc1-c1ccccc1. The van der Waals surface area contributed by atoms with Crippen LogP contribution >= 0.6 is 0 Å². The van der Waals surface area contributed by atoms with Gasteiger partial charge in [0.1, 0.15) is 0 Å². The van der Waals surface area contributed by atoms with E-state index in [2.05, 4.69) is 15.0 Å². The Morgan fingerprint density at radius 2 is 1.76 bits per heavy atom. The standard InChI is InChI=1S/C24H23F3N4O2/c25-24(26,27)18-9-7-17(8-10-18)23-13-19(23)14-30(15-23)11-4-12-31-22(33)28-21(32)20(29-31)16-5-2-1-3-6-16/h1-3,5-10,19H,4,11-15H2,(H,28,32,33)/t19-,23+/m0/s1. The fourth-order valence-electron chi connectivity index (χ4n) is 5.01. The molecule has 33 heavy (non-hydrogen) atoms. The molecule has 2 fully saturated rings. The summed E-state index contributed by atoms with van der Waals surface area (Å²) in [6.07, 6.45) is -2.66. The van der Waals surface area contributed by atoms with E-state index in [1.165, 1.54) is 16.8 Å². The summed E-state index contributed by atoms with van der Waals surface area (Å²) in [7, 11) is 0. The monoisotopic (exact) mass is 456 g/mol. The molecular formula is C24H23F3N4O2. The van der Waals surface area contributed by atoms with E-state index in [-0.39, 0.29) is 11.1 Å². The van der Waals surface area contributed by atoms with Gasteiger partial charge in [-0.15, -0.1) is 0 Å². The Kier molecular flexibility index (Phi) is 5.23. The minimum absolute atomic E-state index is 0.0579. The number of hydrogen-bond acceptors (Lipinski definition) is 4. The van der Waals surface area contributed by atoms with Crippen molar-refractivity contribution in [3.05, 3.63) is 86.6 Å². The summed E-state index contributed by atoms with van der Waals surface area (Å²) in [6, 6.07) is 14.5. The van der Waals surface area contributed by atoms with Gasteiger partial charge in [0.2, 0.25) is 0 Å². The Bertz CT molecular complexity index is 1270. The summed E-state index contributed by atoms with van der Waals surface area (Å²) >= 11 is 0. The Morgan fingerprint density at radius 1 is 1.03 bits per heavy atom. The number of aromatic nitrogens is 3. The number of nitrogens with one attached hydrogen (secondary N) is 1. The van der Waals surface area contributed by atoms with Crippen LogP contribution in [0.25, 0.3) is 11.3 Å². The van der Waals surface area contributed by atoms with Gasteiger partial charge in [-0.1, -0.05) is 42.5 Å². The highest BCUT2D eigenvalue weighted by Crippen LogP contribution is 2.59. The van der Waals surface area contributed by atoms with Crippen molar-refractivity contribution in [1.29, 1.82) is 0 Å². The number of aromatic amines is 1. The third kappa shape index (κ3) is 4.13. The van der Waals surface area contributed by atoms with Crippen LogP contribution in [0.5, 0.6) is 0 Å². The van der Waals surface area contributed by atoms with Gasteiger partial charge in [0.15, 0.2) is 5.69 Å². The lowest BCUT2D eigenvalue weighted by Crippen LogP contribution is -2.35. The molecule has 2 aliphatic rings. The highest BCUT2D eigenvalue weighted by molar-refractivity contribution is 5.56. The van der Waals surface area contributed by atoms with Crippen molar-refractivity contribution in [2.45, 2.75) is 31.0 Å². The first kappa shape index (κ1) is 21.6. The molecule has 6 nitrogen and oxygen atoms in total. The fraction of sp³-hybridized carbons (Fsp3) is 0.375. The smallest absolute Gasteiger partial charge is 0.302 e. The highest BCUT2D eigenvalue weighted by Gasteiger charge is 2.60. The number of alkyl halides is 3. The molecule has 3 aromatic rings. The van der Waals surface area contributed by atoms with Crippen LogP contribution in [0.15, 0.2) is 64.2 Å². The summed E-state index contributed by atoms with van der Waals surface area (Å²) in [5.41, 5.74) is 0.0881. The number of piperidine rings is 1. The Balaban J connectivity index is 1.22. The van der Waals surface area contributed by atoms with E-state index in [1.807, 2.05) is 6.07 Å². The number of nitrogens with zero attached hydrogens (tertiary/aromatic N) is 3. The molecule has 0 amide bonds. The van der Waals surface area contributed by atoms with E-state index >= 15 is 0 Å². The van der Waals surface area contributed by atoms with Crippen LogP contribution in [0.2, 0.25) is 0 Å². The third-order valence-electron chi connectivity index (χ3n) is 6.79. The topological polar surface area (TPSA) is 71.0 Å². The predicted octanol–water partition coefficient (Wildman–Crippen LogP) is 3.28. The summed E-state index contributed by atoms with van der Waals surface area (Å²) < 4.78 is 39.9. The highest BCUT2D eigenvalue weighted by atomic mass is 19.4. The Hall–Kier alpha value is -3.20. The van der Waals surface area contributed by atoms with Crippen LogP contribution in [0.3, 0.4) is 0 Å². The minimum Gasteiger partial charge on any atom is -0.302 e. The lowest BCUT2D eigenvalue weighted by Gasteiger charge is -2.21. The second-order valence-corrected chi connectivity index (χ2v) is 8.92. The van der Waals surface area contributed by atoms with E-state index in [0.717, 1.165) is 31.6 Å². The zero-order valence-electron chi connectivity index (χ0n) is 17.8. The van der Waals surface area contributed by atoms with E-state index in [9.17, 15) is 22.8 Å². The van der Waals surface area contributed by atoms with Gasteiger partial charge in [-0.2, -0.15) is 18.3 Å². The molecule has 1 saturated heterocycles. The summed E-state index contributed by atoms with van der Waals surface area (Å²) in [6.45, 7) is 2.80. The maximum Gasteiger partial charge on any atom is 0.416 e.